The summed E-state index contributed by atoms with van der Waals surface area (Å²) in [6, 6.07) is 0. The van der Waals surface area contributed by atoms with E-state index in [0.29, 0.717) is 28.8 Å². The summed E-state index contributed by atoms with van der Waals surface area (Å²) in [6.45, 7) is 20.0. The number of hydrogen-bond acceptors (Lipinski definition) is 2. The van der Waals surface area contributed by atoms with Crippen LogP contribution in [0.3, 0.4) is 0 Å². The van der Waals surface area contributed by atoms with Crippen LogP contribution in [0.5, 0.6) is 0 Å². The van der Waals surface area contributed by atoms with E-state index in [4.69, 9.17) is 4.74 Å². The Balaban J connectivity index is 1.60. The average Bonchev–Trinajstić information content (AvgIpc) is 3.12. The number of aliphatic hydroxyl groups excluding tert-OH is 1. The van der Waals surface area contributed by atoms with Gasteiger partial charge in [0.25, 0.3) is 0 Å². The van der Waals surface area contributed by atoms with Crippen LogP contribution in [-0.4, -0.2) is 22.9 Å². The Morgan fingerprint density at radius 2 is 1.69 bits per heavy atom. The molecule has 2 unspecified atom stereocenters. The molecule has 0 aromatic heterocycles. The van der Waals surface area contributed by atoms with E-state index < -0.39 is 0 Å². The van der Waals surface area contributed by atoms with E-state index in [1.165, 1.54) is 56.9 Å². The molecule has 1 spiro atoms. The summed E-state index contributed by atoms with van der Waals surface area (Å²) in [6.07, 6.45) is 15.2. The molecule has 0 aromatic carbocycles. The predicted molar refractivity (Wildman–Crippen MR) is 135 cm³/mol. The SMILES string of the molecule is CC(C)=CCCC(C)[C@@H]1CC[C@]2(C)[C@H]3CCC4(OC4(C)C)[C@@H](CCCO)[C@]3(C)CC[C@@]12C. The summed E-state index contributed by atoms with van der Waals surface area (Å²) in [4.78, 5) is 0. The van der Waals surface area contributed by atoms with Crippen molar-refractivity contribution in [3.8, 4) is 0 Å². The molecule has 4 rings (SSSR count). The van der Waals surface area contributed by atoms with Crippen LogP contribution >= 0.6 is 0 Å². The quantitative estimate of drug-likeness (QED) is 0.319. The molecule has 3 saturated carbocycles. The number of ether oxygens (including phenoxy) is 1. The van der Waals surface area contributed by atoms with Crippen LogP contribution in [0.4, 0.5) is 0 Å². The highest BCUT2D eigenvalue weighted by atomic mass is 16.6. The van der Waals surface area contributed by atoms with Gasteiger partial charge >= 0.3 is 0 Å². The van der Waals surface area contributed by atoms with E-state index in [1.54, 1.807) is 0 Å². The monoisotopic (exact) mass is 444 g/mol. The van der Waals surface area contributed by atoms with Crippen molar-refractivity contribution in [1.29, 1.82) is 0 Å². The zero-order chi connectivity index (χ0) is 23.6. The van der Waals surface area contributed by atoms with Gasteiger partial charge in [-0.3, -0.25) is 0 Å². The van der Waals surface area contributed by atoms with Gasteiger partial charge in [-0.15, -0.1) is 0 Å². The van der Waals surface area contributed by atoms with Crippen molar-refractivity contribution < 1.29 is 9.84 Å². The minimum absolute atomic E-state index is 0.0143. The van der Waals surface area contributed by atoms with Crippen molar-refractivity contribution >= 4 is 0 Å². The van der Waals surface area contributed by atoms with Crippen molar-refractivity contribution in [2.24, 2.45) is 39.9 Å². The van der Waals surface area contributed by atoms with Gasteiger partial charge in [-0.05, 0) is 132 Å². The van der Waals surface area contributed by atoms with Crippen LogP contribution in [0.25, 0.3) is 0 Å². The first-order valence-electron chi connectivity index (χ1n) is 13.8. The molecule has 32 heavy (non-hydrogen) atoms. The lowest BCUT2D eigenvalue weighted by molar-refractivity contribution is -0.172. The Hall–Kier alpha value is -0.340. The third kappa shape index (κ3) is 3.40. The largest absolute Gasteiger partial charge is 0.396 e. The van der Waals surface area contributed by atoms with Gasteiger partial charge in [0.05, 0.1) is 5.60 Å². The van der Waals surface area contributed by atoms with Crippen molar-refractivity contribution in [2.75, 3.05) is 6.61 Å². The predicted octanol–water partition coefficient (Wildman–Crippen LogP) is 7.94. The average molecular weight is 445 g/mol. The molecule has 2 nitrogen and oxygen atoms in total. The molecule has 0 amide bonds. The third-order valence-corrected chi connectivity index (χ3v) is 11.9. The highest BCUT2D eigenvalue weighted by Gasteiger charge is 2.76. The molecule has 4 fully saturated rings. The number of allylic oxidation sites excluding steroid dienone is 2. The minimum atomic E-state index is 0.0143. The Morgan fingerprint density at radius 1 is 1.00 bits per heavy atom. The maximum absolute atomic E-state index is 9.70. The van der Waals surface area contributed by atoms with Crippen LogP contribution in [0.1, 0.15) is 120 Å². The second-order valence-corrected chi connectivity index (χ2v) is 13.8. The molecular weight excluding hydrogens is 392 g/mol. The van der Waals surface area contributed by atoms with E-state index in [1.807, 2.05) is 0 Å². The van der Waals surface area contributed by atoms with Crippen LogP contribution < -0.4 is 0 Å². The fourth-order valence-electron chi connectivity index (χ4n) is 9.97. The first-order valence-corrected chi connectivity index (χ1v) is 13.8. The Kier molecular flexibility index (Phi) is 6.28. The van der Waals surface area contributed by atoms with E-state index in [-0.39, 0.29) is 11.2 Å². The summed E-state index contributed by atoms with van der Waals surface area (Å²) >= 11 is 0. The first-order chi connectivity index (χ1) is 14.9. The lowest BCUT2D eigenvalue weighted by Crippen LogP contribution is -2.61. The van der Waals surface area contributed by atoms with Crippen LogP contribution in [0.2, 0.25) is 0 Å². The summed E-state index contributed by atoms with van der Waals surface area (Å²) < 4.78 is 6.56. The Labute approximate surface area is 199 Å². The maximum Gasteiger partial charge on any atom is 0.101 e. The number of epoxide rings is 1. The van der Waals surface area contributed by atoms with Crippen LogP contribution in [0, 0.1) is 39.9 Å². The molecule has 1 saturated heterocycles. The first kappa shape index (κ1) is 24.8. The minimum Gasteiger partial charge on any atom is -0.396 e. The Morgan fingerprint density at radius 3 is 2.28 bits per heavy atom. The zero-order valence-corrected chi connectivity index (χ0v) is 22.5. The number of hydrogen-bond donors (Lipinski definition) is 1. The number of rotatable bonds is 7. The molecule has 0 bridgehead atoms. The van der Waals surface area contributed by atoms with E-state index in [9.17, 15) is 5.11 Å². The zero-order valence-electron chi connectivity index (χ0n) is 22.5. The Bertz CT molecular complexity index is 735. The molecule has 4 aliphatic rings. The highest BCUT2D eigenvalue weighted by Crippen LogP contribution is 2.77. The molecule has 0 aromatic rings. The van der Waals surface area contributed by atoms with Crippen molar-refractivity contribution in [2.45, 2.75) is 131 Å². The second kappa shape index (κ2) is 8.11. The molecular formula is C30H52O2. The fraction of sp³-hybridized carbons (Fsp3) is 0.933. The molecule has 0 radical (unpaired) electrons. The molecule has 3 aliphatic carbocycles. The standard InChI is InChI=1S/C30H52O2/c1-21(2)11-9-12-22(3)23-14-16-29(8)24-15-17-30(26(4,5)32-30)25(13-10-20-31)27(24,6)18-19-28(23,29)7/h11,22-25,31H,9-10,12-20H2,1-8H3/t22?,23-,24-,25-,27+,28-,29+,30?/m0/s1. The summed E-state index contributed by atoms with van der Waals surface area (Å²) in [7, 11) is 0. The summed E-state index contributed by atoms with van der Waals surface area (Å²) in [5.41, 5.74) is 2.79. The summed E-state index contributed by atoms with van der Waals surface area (Å²) in [5, 5.41) is 9.70. The van der Waals surface area contributed by atoms with E-state index >= 15 is 0 Å². The van der Waals surface area contributed by atoms with Gasteiger partial charge in [-0.1, -0.05) is 39.3 Å². The van der Waals surface area contributed by atoms with Gasteiger partial charge in [-0.25, -0.2) is 0 Å². The lowest BCUT2D eigenvalue weighted by atomic mass is 9.39. The molecule has 184 valence electrons. The van der Waals surface area contributed by atoms with Gasteiger partial charge in [0.1, 0.15) is 5.60 Å². The van der Waals surface area contributed by atoms with Gasteiger partial charge < -0.3 is 9.84 Å². The normalized spacial score (nSPS) is 47.6. The number of fused-ring (bicyclic) bond motifs is 3. The molecule has 1 aliphatic heterocycles. The molecule has 1 N–H and O–H groups in total. The fourth-order valence-corrected chi connectivity index (χ4v) is 9.97. The van der Waals surface area contributed by atoms with Crippen molar-refractivity contribution in [1.82, 2.24) is 0 Å². The second-order valence-electron chi connectivity index (χ2n) is 13.8. The molecule has 2 heteroatoms. The van der Waals surface area contributed by atoms with Gasteiger partial charge in [-0.2, -0.15) is 0 Å². The maximum atomic E-state index is 9.70. The van der Waals surface area contributed by atoms with Crippen LogP contribution in [-0.2, 0) is 4.74 Å². The van der Waals surface area contributed by atoms with Crippen LogP contribution in [0.15, 0.2) is 11.6 Å². The van der Waals surface area contributed by atoms with Crippen molar-refractivity contribution in [3.05, 3.63) is 11.6 Å². The van der Waals surface area contributed by atoms with Gasteiger partial charge in [0, 0.05) is 6.61 Å². The van der Waals surface area contributed by atoms with E-state index in [2.05, 4.69) is 61.5 Å². The highest BCUT2D eigenvalue weighted by molar-refractivity contribution is 5.24. The van der Waals surface area contributed by atoms with Gasteiger partial charge in [0.15, 0.2) is 0 Å². The third-order valence-electron chi connectivity index (χ3n) is 11.9. The van der Waals surface area contributed by atoms with E-state index in [0.717, 1.165) is 30.6 Å². The van der Waals surface area contributed by atoms with Crippen molar-refractivity contribution in [3.63, 3.8) is 0 Å². The summed E-state index contributed by atoms with van der Waals surface area (Å²) in [5.74, 6) is 3.06. The number of aliphatic hydroxyl groups is 1. The smallest absolute Gasteiger partial charge is 0.101 e. The molecule has 1 heterocycles. The lowest BCUT2D eigenvalue weighted by Gasteiger charge is -2.65. The van der Waals surface area contributed by atoms with Gasteiger partial charge in [0.2, 0.25) is 0 Å². The molecule has 8 atom stereocenters. The topological polar surface area (TPSA) is 32.8 Å².